The minimum absolute atomic E-state index is 0.000153. The second-order valence-electron chi connectivity index (χ2n) is 24.5. The maximum atomic E-state index is 6.72. The number of benzene rings is 10. The molecule has 10 aromatic carbocycles. The Labute approximate surface area is 467 Å². The van der Waals surface area contributed by atoms with Gasteiger partial charge in [0.1, 0.15) is 11.2 Å². The van der Waals surface area contributed by atoms with E-state index in [4.69, 9.17) is 4.42 Å². The van der Waals surface area contributed by atoms with Crippen LogP contribution in [0.15, 0.2) is 223 Å². The van der Waals surface area contributed by atoms with Crippen LogP contribution in [0.3, 0.4) is 0 Å². The standard InChI is InChI=1S/C73H60BN3OS/c1-71(2,3)46-32-36-48(37-33-46)75(59-26-16-13-22-51(59)45-20-10-9-11-21-45)50-40-41-58-63(42-50)77(60-27-19-31-65-67(60)53-24-14-17-30-64(53)78-65)62-29-18-28-61-68(62)74(58)70-69(76(61)49-38-34-47(35-39-49)72(4,5)6)55-43-54-52-23-12-15-25-56(52)73(7,8)57(54)44-66(55)79-70/h9-44H,1-8H3. The summed E-state index contributed by atoms with van der Waals surface area (Å²) < 4.78 is 9.39. The zero-order valence-electron chi connectivity index (χ0n) is 46.0. The van der Waals surface area contributed by atoms with Crippen molar-refractivity contribution in [1.82, 2.24) is 0 Å². The molecule has 1 aliphatic carbocycles. The number of para-hydroxylation sites is 2. The van der Waals surface area contributed by atoms with Gasteiger partial charge in [-0.25, -0.2) is 0 Å². The number of rotatable bonds is 6. The second kappa shape index (κ2) is 17.2. The quantitative estimate of drug-likeness (QED) is 0.155. The van der Waals surface area contributed by atoms with Crippen molar-refractivity contribution in [3.8, 4) is 22.3 Å². The maximum absolute atomic E-state index is 6.72. The van der Waals surface area contributed by atoms with Crippen LogP contribution in [0.25, 0.3) is 54.3 Å². The first kappa shape index (κ1) is 47.6. The molecule has 15 rings (SSSR count). The zero-order valence-corrected chi connectivity index (χ0v) is 46.8. The Kier molecular flexibility index (Phi) is 10.4. The number of fused-ring (bicyclic) bond motifs is 12. The molecule has 12 aromatic rings. The summed E-state index contributed by atoms with van der Waals surface area (Å²) in [4.78, 5) is 7.64. The highest BCUT2D eigenvalue weighted by Gasteiger charge is 2.47. The van der Waals surface area contributed by atoms with Gasteiger partial charge in [0.15, 0.2) is 0 Å². The number of nitrogens with zero attached hydrogens (tertiary/aromatic N) is 3. The van der Waals surface area contributed by atoms with Crippen molar-refractivity contribution in [2.24, 2.45) is 0 Å². The summed E-state index contributed by atoms with van der Waals surface area (Å²) in [6, 6.07) is 81.9. The van der Waals surface area contributed by atoms with Crippen molar-refractivity contribution < 1.29 is 4.42 Å². The van der Waals surface area contributed by atoms with Crippen molar-refractivity contribution in [1.29, 1.82) is 0 Å². The van der Waals surface area contributed by atoms with Crippen molar-refractivity contribution in [3.05, 3.63) is 241 Å². The van der Waals surface area contributed by atoms with E-state index in [1.165, 1.54) is 76.1 Å². The van der Waals surface area contributed by atoms with Gasteiger partial charge in [0, 0.05) is 65.4 Å². The zero-order chi connectivity index (χ0) is 53.7. The Morgan fingerprint density at radius 2 is 1.10 bits per heavy atom. The first-order chi connectivity index (χ1) is 38.2. The SMILES string of the molecule is CC(C)(C)c1ccc(N(c2ccc3c(c2)N(c2cccc4oc5ccccc5c24)c2cccc4c2B3c2sc3cc5c(cc3c2N4c2ccc(C(C)(C)C)cc2)-c2ccccc2C5(C)C)c2ccccc2-c2ccccc2)cc1. The monoisotopic (exact) mass is 1040 g/mol. The summed E-state index contributed by atoms with van der Waals surface area (Å²) in [5, 5.41) is 3.49. The maximum Gasteiger partial charge on any atom is 0.264 e. The highest BCUT2D eigenvalue weighted by molar-refractivity contribution is 7.33. The molecule has 2 aromatic heterocycles. The summed E-state index contributed by atoms with van der Waals surface area (Å²) in [6.07, 6.45) is 0. The average molecular weight is 1040 g/mol. The molecule has 0 saturated carbocycles. The molecule has 0 fully saturated rings. The van der Waals surface area contributed by atoms with Crippen LogP contribution < -0.4 is 30.4 Å². The number of thiophene rings is 1. The molecule has 0 N–H and O–H groups in total. The van der Waals surface area contributed by atoms with Crippen LogP contribution >= 0.6 is 11.3 Å². The van der Waals surface area contributed by atoms with Gasteiger partial charge in [-0.2, -0.15) is 0 Å². The van der Waals surface area contributed by atoms with E-state index in [9.17, 15) is 0 Å². The summed E-state index contributed by atoms with van der Waals surface area (Å²) in [5.41, 5.74) is 24.9. The van der Waals surface area contributed by atoms with Gasteiger partial charge < -0.3 is 19.1 Å². The third-order valence-corrected chi connectivity index (χ3v) is 18.6. The van der Waals surface area contributed by atoms with E-state index in [1.54, 1.807) is 0 Å². The lowest BCUT2D eigenvalue weighted by Gasteiger charge is -2.43. The van der Waals surface area contributed by atoms with Gasteiger partial charge in [0.05, 0.1) is 22.4 Å². The van der Waals surface area contributed by atoms with Crippen LogP contribution in [0.5, 0.6) is 0 Å². The summed E-state index contributed by atoms with van der Waals surface area (Å²) in [6.45, 7) is 18.5. The molecule has 0 atom stereocenters. The normalized spacial score (nSPS) is 14.1. The van der Waals surface area contributed by atoms with Crippen molar-refractivity contribution in [3.63, 3.8) is 0 Å². The van der Waals surface area contributed by atoms with Gasteiger partial charge in [-0.05, 0) is 146 Å². The lowest BCUT2D eigenvalue weighted by Crippen LogP contribution is -2.60. The van der Waals surface area contributed by atoms with Crippen LogP contribution in [0, 0.1) is 0 Å². The summed E-state index contributed by atoms with van der Waals surface area (Å²) >= 11 is 1.98. The molecular formula is C73H60BN3OS. The van der Waals surface area contributed by atoms with Gasteiger partial charge in [-0.1, -0.05) is 189 Å². The van der Waals surface area contributed by atoms with Gasteiger partial charge in [0.2, 0.25) is 0 Å². The Morgan fingerprint density at radius 1 is 0.481 bits per heavy atom. The Hall–Kier alpha value is -8.58. The molecule has 4 nitrogen and oxygen atoms in total. The molecular weight excluding hydrogens is 978 g/mol. The van der Waals surface area contributed by atoms with E-state index in [0.717, 1.165) is 67.3 Å². The Balaban J connectivity index is 1.03. The highest BCUT2D eigenvalue weighted by atomic mass is 32.1. The molecule has 3 aliphatic rings. The number of anilines is 9. The van der Waals surface area contributed by atoms with Gasteiger partial charge in [0.25, 0.3) is 6.71 Å². The lowest BCUT2D eigenvalue weighted by molar-refractivity contribution is 0.590. The third-order valence-electron chi connectivity index (χ3n) is 17.4. The van der Waals surface area contributed by atoms with Crippen LogP contribution in [0.1, 0.15) is 77.6 Å². The number of furan rings is 1. The fourth-order valence-electron chi connectivity index (χ4n) is 13.4. The van der Waals surface area contributed by atoms with Crippen molar-refractivity contribution in [2.75, 3.05) is 14.7 Å². The topological polar surface area (TPSA) is 22.9 Å². The second-order valence-corrected chi connectivity index (χ2v) is 25.6. The molecule has 0 saturated heterocycles. The van der Waals surface area contributed by atoms with Crippen molar-refractivity contribution in [2.45, 2.75) is 71.6 Å². The highest BCUT2D eigenvalue weighted by Crippen LogP contribution is 2.55. The molecule has 0 unspecified atom stereocenters. The number of hydrogen-bond acceptors (Lipinski definition) is 5. The molecule has 382 valence electrons. The minimum atomic E-state index is -0.131. The molecule has 0 radical (unpaired) electrons. The van der Waals surface area contributed by atoms with Gasteiger partial charge in [-0.15, -0.1) is 11.3 Å². The predicted molar refractivity (Wildman–Crippen MR) is 338 cm³/mol. The molecule has 4 heterocycles. The molecule has 0 spiro atoms. The smallest absolute Gasteiger partial charge is 0.264 e. The van der Waals surface area contributed by atoms with Crippen LogP contribution in [-0.4, -0.2) is 6.71 Å². The molecule has 2 aliphatic heterocycles. The fraction of sp³-hybridized carbons (Fsp3) is 0.151. The van der Waals surface area contributed by atoms with E-state index in [1.807, 2.05) is 11.3 Å². The minimum Gasteiger partial charge on any atom is -0.456 e. The summed E-state index contributed by atoms with van der Waals surface area (Å²) in [7, 11) is 0. The molecule has 0 amide bonds. The average Bonchev–Trinajstić information content (AvgIpc) is 3.94. The van der Waals surface area contributed by atoms with E-state index in [2.05, 4.69) is 288 Å². The van der Waals surface area contributed by atoms with Crippen LogP contribution in [0.2, 0.25) is 0 Å². The van der Waals surface area contributed by atoms with E-state index in [-0.39, 0.29) is 23.0 Å². The third kappa shape index (κ3) is 7.20. The number of hydrogen-bond donors (Lipinski definition) is 0. The molecule has 0 bridgehead atoms. The van der Waals surface area contributed by atoms with E-state index in [0.29, 0.717) is 0 Å². The van der Waals surface area contributed by atoms with Crippen molar-refractivity contribution >= 4 is 117 Å². The molecule has 6 heteroatoms. The van der Waals surface area contributed by atoms with Gasteiger partial charge >= 0.3 is 0 Å². The summed E-state index contributed by atoms with van der Waals surface area (Å²) in [5.74, 6) is 0. The largest absolute Gasteiger partial charge is 0.456 e. The van der Waals surface area contributed by atoms with Crippen LogP contribution in [0.4, 0.5) is 51.2 Å². The molecule has 79 heavy (non-hydrogen) atoms. The van der Waals surface area contributed by atoms with E-state index >= 15 is 0 Å². The first-order valence-corrected chi connectivity index (χ1v) is 28.7. The Bertz CT molecular complexity index is 4440. The predicted octanol–water partition coefficient (Wildman–Crippen LogP) is 18.9. The van der Waals surface area contributed by atoms with Gasteiger partial charge in [-0.3, -0.25) is 0 Å². The fourth-order valence-corrected chi connectivity index (χ4v) is 14.7. The van der Waals surface area contributed by atoms with Crippen LogP contribution in [-0.2, 0) is 16.2 Å². The Morgan fingerprint density at radius 3 is 1.86 bits per heavy atom. The first-order valence-electron chi connectivity index (χ1n) is 27.9. The van der Waals surface area contributed by atoms with E-state index < -0.39 is 0 Å². The lowest BCUT2D eigenvalue weighted by atomic mass is 9.36.